The Balaban J connectivity index is 0.000000364. The minimum Gasteiger partial charge on any atom is -0.393 e. The van der Waals surface area contributed by atoms with Gasteiger partial charge < -0.3 is 15.7 Å². The van der Waals surface area contributed by atoms with Gasteiger partial charge in [0.2, 0.25) is 5.91 Å². The van der Waals surface area contributed by atoms with Crippen molar-refractivity contribution in [1.82, 2.24) is 4.90 Å². The summed E-state index contributed by atoms with van der Waals surface area (Å²) in [6.07, 6.45) is 3.67. The number of primary amides is 1. The van der Waals surface area contributed by atoms with Crippen molar-refractivity contribution in [3.8, 4) is 0 Å². The van der Waals surface area contributed by atoms with E-state index in [0.29, 0.717) is 36.0 Å². The van der Waals surface area contributed by atoms with Crippen LogP contribution in [-0.4, -0.2) is 47.7 Å². The zero-order valence-electron chi connectivity index (χ0n) is 15.5. The maximum Gasteiger partial charge on any atom is 0.254 e. The number of halogens is 2. The first kappa shape index (κ1) is 19.7. The largest absolute Gasteiger partial charge is 0.393 e. The summed E-state index contributed by atoms with van der Waals surface area (Å²) < 4.78 is 27.7. The molecular formula is C20H26F2N2O3. The predicted octanol–water partition coefficient (Wildman–Crippen LogP) is 2.56. The lowest BCUT2D eigenvalue weighted by atomic mass is 9.96. The number of nitrogens with zero attached hydrogens (tertiary/aromatic N) is 1. The van der Waals surface area contributed by atoms with Gasteiger partial charge in [0.25, 0.3) is 5.91 Å². The van der Waals surface area contributed by atoms with Crippen LogP contribution in [0.3, 0.4) is 0 Å². The second kappa shape index (κ2) is 7.54. The van der Waals surface area contributed by atoms with E-state index < -0.39 is 23.7 Å². The molecule has 3 N–H and O–H groups in total. The summed E-state index contributed by atoms with van der Waals surface area (Å²) in [6.45, 7) is -0.212. The molecule has 2 unspecified atom stereocenters. The molecule has 3 fully saturated rings. The van der Waals surface area contributed by atoms with Crippen LogP contribution in [-0.2, 0) is 10.5 Å². The SMILES string of the molecule is CN(CC(N)=O)C(=O)c1ccc(C2(F)CC2)cc1C1CC1F.OC1CCC1. The normalized spacial score (nSPS) is 24.9. The molecule has 27 heavy (non-hydrogen) atoms. The molecule has 3 aliphatic carbocycles. The van der Waals surface area contributed by atoms with Crippen LogP contribution in [0.2, 0.25) is 0 Å². The summed E-state index contributed by atoms with van der Waals surface area (Å²) in [5.41, 5.74) is 5.13. The van der Waals surface area contributed by atoms with E-state index in [0.717, 1.165) is 12.8 Å². The van der Waals surface area contributed by atoms with Gasteiger partial charge in [0.15, 0.2) is 0 Å². The minimum atomic E-state index is -1.32. The fourth-order valence-corrected chi connectivity index (χ4v) is 3.13. The average molecular weight is 380 g/mol. The summed E-state index contributed by atoms with van der Waals surface area (Å²) in [5.74, 6) is -1.38. The van der Waals surface area contributed by atoms with Gasteiger partial charge in [-0.25, -0.2) is 8.78 Å². The maximum absolute atomic E-state index is 14.2. The van der Waals surface area contributed by atoms with E-state index >= 15 is 0 Å². The monoisotopic (exact) mass is 380 g/mol. The number of amides is 2. The quantitative estimate of drug-likeness (QED) is 0.823. The van der Waals surface area contributed by atoms with E-state index in [1.807, 2.05) is 0 Å². The van der Waals surface area contributed by atoms with E-state index in [-0.39, 0.29) is 18.6 Å². The van der Waals surface area contributed by atoms with E-state index in [9.17, 15) is 18.4 Å². The lowest BCUT2D eigenvalue weighted by molar-refractivity contribution is -0.118. The Labute approximate surface area is 157 Å². The van der Waals surface area contributed by atoms with Crippen molar-refractivity contribution in [2.75, 3.05) is 13.6 Å². The first-order chi connectivity index (χ1) is 12.7. The van der Waals surface area contributed by atoms with Crippen LogP contribution in [0, 0.1) is 0 Å². The number of rotatable bonds is 5. The minimum absolute atomic E-state index is 0.0648. The van der Waals surface area contributed by atoms with Crippen LogP contribution >= 0.6 is 0 Å². The van der Waals surface area contributed by atoms with E-state index in [4.69, 9.17) is 10.8 Å². The van der Waals surface area contributed by atoms with Gasteiger partial charge in [-0.15, -0.1) is 0 Å². The highest BCUT2D eigenvalue weighted by Gasteiger charge is 2.47. The topological polar surface area (TPSA) is 83.6 Å². The average Bonchev–Trinajstić information content (AvgIpc) is 3.51. The zero-order valence-corrected chi connectivity index (χ0v) is 15.5. The highest BCUT2D eigenvalue weighted by Crippen LogP contribution is 2.52. The fourth-order valence-electron chi connectivity index (χ4n) is 3.13. The number of benzene rings is 1. The number of alkyl halides is 2. The first-order valence-corrected chi connectivity index (χ1v) is 9.40. The number of hydrogen-bond donors (Lipinski definition) is 2. The second-order valence-electron chi connectivity index (χ2n) is 7.84. The number of nitrogens with two attached hydrogens (primary N) is 1. The van der Waals surface area contributed by atoms with Crippen LogP contribution in [0.15, 0.2) is 18.2 Å². The first-order valence-electron chi connectivity index (χ1n) is 9.40. The van der Waals surface area contributed by atoms with Gasteiger partial charge in [-0.3, -0.25) is 9.59 Å². The lowest BCUT2D eigenvalue weighted by Gasteiger charge is -2.18. The zero-order chi connectivity index (χ0) is 19.8. The van der Waals surface area contributed by atoms with Crippen LogP contribution < -0.4 is 5.73 Å². The molecule has 7 heteroatoms. The third kappa shape index (κ3) is 4.64. The summed E-state index contributed by atoms with van der Waals surface area (Å²) >= 11 is 0. The van der Waals surface area contributed by atoms with Crippen molar-refractivity contribution in [2.24, 2.45) is 5.73 Å². The third-order valence-electron chi connectivity index (χ3n) is 5.41. The van der Waals surface area contributed by atoms with Gasteiger partial charge in [-0.2, -0.15) is 0 Å². The molecule has 0 aromatic heterocycles. The molecule has 1 aromatic carbocycles. The van der Waals surface area contributed by atoms with Crippen molar-refractivity contribution in [1.29, 1.82) is 0 Å². The Kier molecular flexibility index (Phi) is 5.51. The molecule has 148 valence electrons. The Morgan fingerprint density at radius 3 is 2.33 bits per heavy atom. The maximum atomic E-state index is 14.2. The van der Waals surface area contributed by atoms with Crippen LogP contribution in [0.4, 0.5) is 8.78 Å². The molecule has 5 nitrogen and oxygen atoms in total. The van der Waals surface area contributed by atoms with Crippen molar-refractivity contribution >= 4 is 11.8 Å². The molecule has 2 atom stereocenters. The standard InChI is InChI=1S/C16H18F2N2O2.C4H8O/c1-20(8-14(19)21)15(22)10-3-2-9(16(18)4-5-16)6-11(10)12-7-13(12)17;5-4-2-1-3-4/h2-3,6,12-13H,4-5,7-8H2,1H3,(H2,19,21);4-5H,1-3H2. The predicted molar refractivity (Wildman–Crippen MR) is 96.7 cm³/mol. The number of aliphatic hydroxyl groups excluding tert-OH is 1. The Hall–Kier alpha value is -2.02. The molecule has 2 amide bonds. The van der Waals surface area contributed by atoms with Crippen molar-refractivity contribution in [3.63, 3.8) is 0 Å². The molecule has 0 bridgehead atoms. The molecule has 0 heterocycles. The number of hydrogen-bond acceptors (Lipinski definition) is 3. The molecule has 3 aliphatic rings. The van der Waals surface area contributed by atoms with Crippen LogP contribution in [0.1, 0.15) is 65.9 Å². The number of aliphatic hydroxyl groups is 1. The number of carbonyl (C=O) groups excluding carboxylic acids is 2. The Morgan fingerprint density at radius 1 is 1.33 bits per heavy atom. The van der Waals surface area contributed by atoms with Crippen LogP contribution in [0.25, 0.3) is 0 Å². The van der Waals surface area contributed by atoms with Gasteiger partial charge in [0.1, 0.15) is 11.8 Å². The van der Waals surface area contributed by atoms with Crippen molar-refractivity contribution < 1.29 is 23.5 Å². The molecule has 0 spiro atoms. The smallest absolute Gasteiger partial charge is 0.254 e. The van der Waals surface area contributed by atoms with Crippen LogP contribution in [0.5, 0.6) is 0 Å². The highest BCUT2D eigenvalue weighted by atomic mass is 19.1. The summed E-state index contributed by atoms with van der Waals surface area (Å²) in [5, 5.41) is 8.45. The molecule has 0 saturated heterocycles. The van der Waals surface area contributed by atoms with Crippen molar-refractivity contribution in [3.05, 3.63) is 34.9 Å². The fraction of sp³-hybridized carbons (Fsp3) is 0.600. The Morgan fingerprint density at radius 2 is 1.93 bits per heavy atom. The number of likely N-dealkylation sites (N-methyl/N-ethyl adjacent to an activating group) is 1. The second-order valence-corrected chi connectivity index (χ2v) is 7.84. The third-order valence-corrected chi connectivity index (χ3v) is 5.41. The van der Waals surface area contributed by atoms with E-state index in [2.05, 4.69) is 0 Å². The molecular weight excluding hydrogens is 354 g/mol. The Bertz CT molecular complexity index is 732. The van der Waals surface area contributed by atoms with Gasteiger partial charge in [0, 0.05) is 18.5 Å². The van der Waals surface area contributed by atoms with Gasteiger partial charge >= 0.3 is 0 Å². The summed E-state index contributed by atoms with van der Waals surface area (Å²) in [4.78, 5) is 24.6. The molecule has 0 aliphatic heterocycles. The molecule has 0 radical (unpaired) electrons. The molecule has 1 aromatic rings. The van der Waals surface area contributed by atoms with Gasteiger partial charge in [0.05, 0.1) is 12.6 Å². The van der Waals surface area contributed by atoms with Gasteiger partial charge in [-0.1, -0.05) is 12.1 Å². The summed E-state index contributed by atoms with van der Waals surface area (Å²) in [6, 6.07) is 4.73. The van der Waals surface area contributed by atoms with Crippen molar-refractivity contribution in [2.45, 2.75) is 62.4 Å². The van der Waals surface area contributed by atoms with E-state index in [1.54, 1.807) is 12.1 Å². The molecule has 4 rings (SSSR count). The number of carbonyl (C=O) groups is 2. The summed E-state index contributed by atoms with van der Waals surface area (Å²) in [7, 11) is 1.46. The highest BCUT2D eigenvalue weighted by molar-refractivity contribution is 5.97. The van der Waals surface area contributed by atoms with E-state index in [1.165, 1.54) is 24.4 Å². The lowest BCUT2D eigenvalue weighted by Crippen LogP contribution is -2.35. The molecule has 3 saturated carbocycles. The van der Waals surface area contributed by atoms with Gasteiger partial charge in [-0.05, 0) is 55.7 Å².